The van der Waals surface area contributed by atoms with Crippen molar-refractivity contribution < 1.29 is 19.5 Å². The third-order valence-electron chi connectivity index (χ3n) is 6.31. The highest BCUT2D eigenvalue weighted by Gasteiger charge is 2.23. The molecule has 5 nitrogen and oxygen atoms in total. The molecule has 31 heavy (non-hydrogen) atoms. The van der Waals surface area contributed by atoms with Crippen molar-refractivity contribution in [2.45, 2.75) is 57.8 Å². The lowest BCUT2D eigenvalue weighted by atomic mass is 9.92. The fourth-order valence-corrected chi connectivity index (χ4v) is 4.58. The van der Waals surface area contributed by atoms with Gasteiger partial charge >= 0.3 is 5.97 Å². The fraction of sp³-hybridized carbons (Fsp3) is 0.385. The van der Waals surface area contributed by atoms with Gasteiger partial charge in [-0.05, 0) is 50.2 Å². The molecule has 0 amide bonds. The Balaban J connectivity index is 1.47. The van der Waals surface area contributed by atoms with Crippen LogP contribution >= 0.6 is 0 Å². The van der Waals surface area contributed by atoms with Gasteiger partial charge in [0.05, 0.1) is 11.6 Å². The minimum absolute atomic E-state index is 0.187. The van der Waals surface area contributed by atoms with Crippen molar-refractivity contribution in [3.05, 3.63) is 71.0 Å². The average Bonchev–Trinajstić information content (AvgIpc) is 2.96. The summed E-state index contributed by atoms with van der Waals surface area (Å²) in [7, 11) is 0. The predicted octanol–water partition coefficient (Wildman–Crippen LogP) is 5.99. The molecule has 0 spiro atoms. The monoisotopic (exact) mass is 419 g/mol. The third-order valence-corrected chi connectivity index (χ3v) is 6.31. The number of rotatable bonds is 8. The van der Waals surface area contributed by atoms with Crippen LogP contribution in [0.1, 0.15) is 61.0 Å². The van der Waals surface area contributed by atoms with Crippen LogP contribution < -0.4 is 0 Å². The van der Waals surface area contributed by atoms with Crippen LogP contribution in [0.4, 0.5) is 0 Å². The van der Waals surface area contributed by atoms with E-state index in [0.29, 0.717) is 17.7 Å². The molecule has 0 bridgehead atoms. The topological polar surface area (TPSA) is 83.0 Å². The van der Waals surface area contributed by atoms with E-state index < -0.39 is 11.9 Å². The van der Waals surface area contributed by atoms with E-state index >= 15 is 0 Å². The Morgan fingerprint density at radius 1 is 1.06 bits per heavy atom. The van der Waals surface area contributed by atoms with E-state index in [1.807, 2.05) is 36.4 Å². The molecule has 1 heterocycles. The smallest absolute Gasteiger partial charge is 0.306 e. The molecule has 0 radical (unpaired) electrons. The van der Waals surface area contributed by atoms with Gasteiger partial charge in [0, 0.05) is 29.4 Å². The molecule has 0 saturated heterocycles. The van der Waals surface area contributed by atoms with Crippen LogP contribution in [0.25, 0.3) is 11.0 Å². The Morgan fingerprint density at radius 3 is 2.65 bits per heavy atom. The number of aliphatic carboxylic acids is 1. The van der Waals surface area contributed by atoms with Gasteiger partial charge in [-0.1, -0.05) is 54.0 Å². The Morgan fingerprint density at radius 2 is 1.87 bits per heavy atom. The highest BCUT2D eigenvalue weighted by molar-refractivity contribution is 6.04. The van der Waals surface area contributed by atoms with Crippen molar-refractivity contribution >= 4 is 22.7 Å². The Kier molecular flexibility index (Phi) is 6.70. The fourth-order valence-electron chi connectivity index (χ4n) is 4.58. The van der Waals surface area contributed by atoms with E-state index in [1.54, 1.807) is 0 Å². The van der Waals surface area contributed by atoms with Crippen molar-refractivity contribution in [3.63, 3.8) is 0 Å². The summed E-state index contributed by atoms with van der Waals surface area (Å²) in [5, 5.41) is 23.9. The molecule has 1 aliphatic rings. The van der Waals surface area contributed by atoms with E-state index in [1.165, 1.54) is 24.0 Å². The molecule has 1 aliphatic carbocycles. The van der Waals surface area contributed by atoms with E-state index in [4.69, 9.17) is 4.42 Å². The first kappa shape index (κ1) is 21.2. The summed E-state index contributed by atoms with van der Waals surface area (Å²) < 4.78 is 6.12. The maximum absolute atomic E-state index is 11.8. The van der Waals surface area contributed by atoms with Gasteiger partial charge in [-0.2, -0.15) is 0 Å². The molecule has 2 aromatic carbocycles. The third kappa shape index (κ3) is 4.98. The van der Waals surface area contributed by atoms with Crippen molar-refractivity contribution in [2.24, 2.45) is 11.1 Å². The molecule has 1 aromatic heterocycles. The number of aryl methyl sites for hydroxylation is 3. The lowest BCUT2D eigenvalue weighted by Gasteiger charge is -2.13. The van der Waals surface area contributed by atoms with E-state index in [0.717, 1.165) is 48.8 Å². The van der Waals surface area contributed by atoms with Gasteiger partial charge in [0.2, 0.25) is 0 Å². The number of hydrogen-bond acceptors (Lipinski definition) is 4. The van der Waals surface area contributed by atoms with Crippen molar-refractivity contribution in [1.82, 2.24) is 0 Å². The van der Waals surface area contributed by atoms with Crippen LogP contribution in [-0.2, 0) is 24.1 Å². The summed E-state index contributed by atoms with van der Waals surface area (Å²) in [6.45, 7) is 0. The van der Waals surface area contributed by atoms with Gasteiger partial charge in [0.1, 0.15) is 11.3 Å². The number of benzene rings is 2. The highest BCUT2D eigenvalue weighted by Crippen LogP contribution is 2.32. The summed E-state index contributed by atoms with van der Waals surface area (Å²) in [5.41, 5.74) is 4.40. The zero-order valence-corrected chi connectivity index (χ0v) is 17.7. The second kappa shape index (κ2) is 9.82. The lowest BCUT2D eigenvalue weighted by molar-refractivity contribution is -0.141. The van der Waals surface area contributed by atoms with Crippen molar-refractivity contribution in [2.75, 3.05) is 0 Å². The first-order chi connectivity index (χ1) is 15.2. The van der Waals surface area contributed by atoms with Gasteiger partial charge in [0.25, 0.3) is 0 Å². The molecule has 5 heteroatoms. The average molecular weight is 420 g/mol. The molecule has 3 aromatic rings. The number of fused-ring (bicyclic) bond motifs is 3. The van der Waals surface area contributed by atoms with E-state index in [9.17, 15) is 15.1 Å². The molecular formula is C26H29NO4. The minimum atomic E-state index is -0.861. The molecule has 0 aliphatic heterocycles. The van der Waals surface area contributed by atoms with Gasteiger partial charge in [-0.25, -0.2) is 0 Å². The summed E-state index contributed by atoms with van der Waals surface area (Å²) in [4.78, 5) is 11.8. The molecule has 1 unspecified atom stereocenters. The zero-order chi connectivity index (χ0) is 21.6. The molecule has 4 rings (SSSR count). The zero-order valence-electron chi connectivity index (χ0n) is 17.7. The van der Waals surface area contributed by atoms with Crippen LogP contribution in [0, 0.1) is 5.92 Å². The number of furan rings is 1. The molecule has 0 fully saturated rings. The first-order valence-corrected chi connectivity index (χ1v) is 11.2. The van der Waals surface area contributed by atoms with Gasteiger partial charge in [-0.3, -0.25) is 4.79 Å². The van der Waals surface area contributed by atoms with Crippen molar-refractivity contribution in [1.29, 1.82) is 0 Å². The van der Waals surface area contributed by atoms with Crippen LogP contribution in [0.3, 0.4) is 0 Å². The molecule has 162 valence electrons. The first-order valence-electron chi connectivity index (χ1n) is 11.2. The largest absolute Gasteiger partial charge is 0.481 e. The standard InChI is InChI=1S/C26H29NO4/c28-26(29)20(11-7-10-18-8-3-1-4-9-18)16-23(27-30)19-14-15-22-21-12-5-2-6-13-24(21)31-25(22)17-19/h1,3-4,8-9,14-15,17,20,30H,2,5-7,10-13,16H2,(H,28,29)/b27-23-. The van der Waals surface area contributed by atoms with E-state index in [2.05, 4.69) is 17.3 Å². The summed E-state index contributed by atoms with van der Waals surface area (Å²) in [6, 6.07) is 15.9. The predicted molar refractivity (Wildman–Crippen MR) is 121 cm³/mol. The van der Waals surface area contributed by atoms with Gasteiger partial charge in [-0.15, -0.1) is 0 Å². The van der Waals surface area contributed by atoms with Crippen LogP contribution in [0.5, 0.6) is 0 Å². The lowest BCUT2D eigenvalue weighted by Crippen LogP contribution is -2.19. The quantitative estimate of drug-likeness (QED) is 0.203. The number of carboxylic acids is 1. The van der Waals surface area contributed by atoms with E-state index in [-0.39, 0.29) is 6.42 Å². The molecule has 2 N–H and O–H groups in total. The Hall–Kier alpha value is -3.08. The highest BCUT2D eigenvalue weighted by atomic mass is 16.4. The minimum Gasteiger partial charge on any atom is -0.481 e. The SMILES string of the molecule is O=C(O)C(CCCc1ccccc1)C/C(=N/O)c1ccc2c3c(oc2c1)CCCCC3. The summed E-state index contributed by atoms with van der Waals surface area (Å²) >= 11 is 0. The van der Waals surface area contributed by atoms with Crippen LogP contribution in [0.2, 0.25) is 0 Å². The molecular weight excluding hydrogens is 390 g/mol. The van der Waals surface area contributed by atoms with Crippen LogP contribution in [0.15, 0.2) is 58.1 Å². The Labute approximate surface area is 182 Å². The normalized spacial score (nSPS) is 15.4. The number of hydrogen-bond donors (Lipinski definition) is 2. The number of carboxylic acid groups (broad SMARTS) is 1. The maximum atomic E-state index is 11.8. The second-order valence-corrected chi connectivity index (χ2v) is 8.44. The molecule has 1 atom stereocenters. The van der Waals surface area contributed by atoms with Crippen molar-refractivity contribution in [3.8, 4) is 0 Å². The molecule has 0 saturated carbocycles. The number of nitrogens with zero attached hydrogens (tertiary/aromatic N) is 1. The van der Waals surface area contributed by atoms with Crippen LogP contribution in [-0.4, -0.2) is 22.0 Å². The number of oxime groups is 1. The summed E-state index contributed by atoms with van der Waals surface area (Å²) in [5.74, 6) is -0.393. The van der Waals surface area contributed by atoms with Gasteiger partial charge in [0.15, 0.2) is 0 Å². The Bertz CT molecular complexity index is 1070. The van der Waals surface area contributed by atoms with Gasteiger partial charge < -0.3 is 14.7 Å². The number of carbonyl (C=O) groups is 1. The summed E-state index contributed by atoms with van der Waals surface area (Å²) in [6.07, 6.45) is 7.86. The maximum Gasteiger partial charge on any atom is 0.306 e. The second-order valence-electron chi connectivity index (χ2n) is 8.44.